The molecule has 33 heavy (non-hydrogen) atoms. The van der Waals surface area contributed by atoms with Crippen LogP contribution in [0.4, 0.5) is 11.4 Å². The second-order valence-electron chi connectivity index (χ2n) is 6.89. The van der Waals surface area contributed by atoms with Crippen LogP contribution in [0.3, 0.4) is 0 Å². The van der Waals surface area contributed by atoms with Gasteiger partial charge in [-0.25, -0.2) is 9.59 Å². The van der Waals surface area contributed by atoms with E-state index in [0.29, 0.717) is 11.1 Å². The van der Waals surface area contributed by atoms with Gasteiger partial charge in [0, 0.05) is 34.3 Å². The summed E-state index contributed by atoms with van der Waals surface area (Å²) in [5, 5.41) is 38.9. The topological polar surface area (TPSA) is 161 Å². The van der Waals surface area contributed by atoms with Crippen LogP contribution >= 0.6 is 15.9 Å². The summed E-state index contributed by atoms with van der Waals surface area (Å²) in [6, 6.07) is 12.9. The summed E-state index contributed by atoms with van der Waals surface area (Å²) >= 11 is 2.93. The largest absolute Gasteiger partial charge is 0.478 e. The molecule has 0 fully saturated rings. The standard InChI is InChI=1S/C15H13NO4.C7H4BrNO4/c1-9-5-10(2)7-11(6-9)14-8-12(16(19)20)3-4-13(14)15(17)18;8-6-3-4(9(12)13)1-2-5(6)7(10)11/h3-8H,1-2H3,(H,17,18);1-3H,(H,10,11). The molecule has 3 aromatic carbocycles. The Morgan fingerprint density at radius 1 is 0.758 bits per heavy atom. The van der Waals surface area contributed by atoms with Crippen LogP contribution in [0.5, 0.6) is 0 Å². The van der Waals surface area contributed by atoms with Crippen LogP contribution < -0.4 is 0 Å². The highest BCUT2D eigenvalue weighted by Gasteiger charge is 2.17. The van der Waals surface area contributed by atoms with Gasteiger partial charge in [-0.1, -0.05) is 29.3 Å². The van der Waals surface area contributed by atoms with E-state index in [0.717, 1.165) is 23.3 Å². The van der Waals surface area contributed by atoms with Crippen molar-refractivity contribution in [3.05, 3.63) is 102 Å². The number of nitro benzene ring substituents is 2. The predicted molar refractivity (Wildman–Crippen MR) is 123 cm³/mol. The van der Waals surface area contributed by atoms with Crippen LogP contribution in [0, 0.1) is 34.1 Å². The molecule has 0 aromatic heterocycles. The Labute approximate surface area is 195 Å². The lowest BCUT2D eigenvalue weighted by Gasteiger charge is -2.08. The molecule has 10 nitrogen and oxygen atoms in total. The highest BCUT2D eigenvalue weighted by atomic mass is 79.9. The van der Waals surface area contributed by atoms with Gasteiger partial charge in [-0.3, -0.25) is 20.2 Å². The third-order valence-electron chi connectivity index (χ3n) is 4.37. The SMILES string of the molecule is Cc1cc(C)cc(-c2cc([N+](=O)[O-])ccc2C(=O)O)c1.O=C(O)c1ccc([N+](=O)[O-])cc1Br. The summed E-state index contributed by atoms with van der Waals surface area (Å²) in [6.07, 6.45) is 0. The normalized spacial score (nSPS) is 10.0. The molecule has 0 aliphatic carbocycles. The quantitative estimate of drug-likeness (QED) is 0.325. The van der Waals surface area contributed by atoms with Crippen LogP contribution in [0.1, 0.15) is 31.8 Å². The van der Waals surface area contributed by atoms with Crippen LogP contribution in [-0.4, -0.2) is 32.0 Å². The fourth-order valence-corrected chi connectivity index (χ4v) is 3.53. The van der Waals surface area contributed by atoms with Crippen LogP contribution in [0.15, 0.2) is 59.1 Å². The maximum atomic E-state index is 11.3. The second kappa shape index (κ2) is 10.5. The molecule has 11 heteroatoms. The van der Waals surface area contributed by atoms with Gasteiger partial charge in [-0.15, -0.1) is 0 Å². The van der Waals surface area contributed by atoms with Gasteiger partial charge < -0.3 is 10.2 Å². The molecule has 2 N–H and O–H groups in total. The van der Waals surface area contributed by atoms with Crippen LogP contribution in [0.25, 0.3) is 11.1 Å². The number of carboxylic acid groups (broad SMARTS) is 2. The summed E-state index contributed by atoms with van der Waals surface area (Å²) < 4.78 is 0.203. The van der Waals surface area contributed by atoms with Gasteiger partial charge in [-0.2, -0.15) is 0 Å². The van der Waals surface area contributed by atoms with E-state index in [9.17, 15) is 34.9 Å². The Balaban J connectivity index is 0.000000257. The lowest BCUT2D eigenvalue weighted by Crippen LogP contribution is -2.01. The van der Waals surface area contributed by atoms with Crippen molar-refractivity contribution in [3.63, 3.8) is 0 Å². The predicted octanol–water partition coefficient (Wildman–Crippen LogP) is 5.63. The number of aromatic carboxylic acids is 2. The summed E-state index contributed by atoms with van der Waals surface area (Å²) in [4.78, 5) is 41.8. The van der Waals surface area contributed by atoms with Crippen molar-refractivity contribution in [1.29, 1.82) is 0 Å². The number of hydrogen-bond donors (Lipinski definition) is 2. The van der Waals surface area contributed by atoms with Crippen molar-refractivity contribution in [2.75, 3.05) is 0 Å². The Hall–Kier alpha value is -4.12. The van der Waals surface area contributed by atoms with E-state index in [1.165, 1.54) is 24.3 Å². The average molecular weight is 517 g/mol. The van der Waals surface area contributed by atoms with E-state index in [1.807, 2.05) is 32.0 Å². The van der Waals surface area contributed by atoms with E-state index in [1.54, 1.807) is 0 Å². The molecule has 0 atom stereocenters. The molecule has 0 amide bonds. The van der Waals surface area contributed by atoms with Gasteiger partial charge in [0.25, 0.3) is 11.4 Å². The number of nitrogens with zero attached hydrogens (tertiary/aromatic N) is 2. The van der Waals surface area contributed by atoms with E-state index >= 15 is 0 Å². The van der Waals surface area contributed by atoms with E-state index in [2.05, 4.69) is 15.9 Å². The van der Waals surface area contributed by atoms with Crippen molar-refractivity contribution >= 4 is 39.2 Å². The molecule has 0 bridgehead atoms. The number of carboxylic acids is 2. The average Bonchev–Trinajstić information content (AvgIpc) is 2.72. The van der Waals surface area contributed by atoms with E-state index in [-0.39, 0.29) is 27.0 Å². The first-order valence-electron chi connectivity index (χ1n) is 9.18. The first-order valence-corrected chi connectivity index (χ1v) is 9.97. The molecule has 0 heterocycles. The number of aryl methyl sites for hydroxylation is 2. The number of carbonyl (C=O) groups is 2. The highest BCUT2D eigenvalue weighted by molar-refractivity contribution is 9.10. The maximum absolute atomic E-state index is 11.3. The van der Waals surface area contributed by atoms with Gasteiger partial charge in [0.05, 0.1) is 21.0 Å². The number of nitro groups is 2. The molecule has 3 aromatic rings. The van der Waals surface area contributed by atoms with Gasteiger partial charge in [0.1, 0.15) is 0 Å². The summed E-state index contributed by atoms with van der Waals surface area (Å²) in [5.74, 6) is -2.23. The molecule has 0 spiro atoms. The third-order valence-corrected chi connectivity index (χ3v) is 5.03. The second-order valence-corrected chi connectivity index (χ2v) is 7.75. The number of non-ortho nitro benzene ring substituents is 2. The molecular formula is C22H17BrN2O8. The molecule has 0 radical (unpaired) electrons. The number of benzene rings is 3. The molecule has 0 unspecified atom stereocenters. The Morgan fingerprint density at radius 2 is 1.21 bits per heavy atom. The summed E-state index contributed by atoms with van der Waals surface area (Å²) in [6.45, 7) is 3.79. The minimum atomic E-state index is -1.12. The van der Waals surface area contributed by atoms with E-state index < -0.39 is 21.8 Å². The van der Waals surface area contributed by atoms with E-state index in [4.69, 9.17) is 5.11 Å². The van der Waals surface area contributed by atoms with Crippen molar-refractivity contribution in [3.8, 4) is 11.1 Å². The summed E-state index contributed by atoms with van der Waals surface area (Å²) in [5.41, 5.74) is 2.78. The summed E-state index contributed by atoms with van der Waals surface area (Å²) in [7, 11) is 0. The number of halogens is 1. The maximum Gasteiger partial charge on any atom is 0.336 e. The van der Waals surface area contributed by atoms with Crippen molar-refractivity contribution < 1.29 is 29.6 Å². The molecule has 3 rings (SSSR count). The minimum absolute atomic E-state index is 0.00519. The van der Waals surface area contributed by atoms with Gasteiger partial charge in [0.2, 0.25) is 0 Å². The molecular weight excluding hydrogens is 500 g/mol. The Morgan fingerprint density at radius 3 is 1.64 bits per heavy atom. The Kier molecular flexibility index (Phi) is 7.97. The zero-order valence-electron chi connectivity index (χ0n) is 17.3. The molecule has 0 aliphatic rings. The Bertz CT molecular complexity index is 1250. The lowest BCUT2D eigenvalue weighted by atomic mass is 9.96. The minimum Gasteiger partial charge on any atom is -0.478 e. The highest BCUT2D eigenvalue weighted by Crippen LogP contribution is 2.29. The van der Waals surface area contributed by atoms with Gasteiger partial charge in [-0.05, 0) is 47.5 Å². The molecule has 0 saturated heterocycles. The monoisotopic (exact) mass is 516 g/mol. The smallest absolute Gasteiger partial charge is 0.336 e. The van der Waals surface area contributed by atoms with Crippen molar-refractivity contribution in [2.45, 2.75) is 13.8 Å². The van der Waals surface area contributed by atoms with Crippen LogP contribution in [-0.2, 0) is 0 Å². The fraction of sp³-hybridized carbons (Fsp3) is 0.0909. The first-order chi connectivity index (χ1) is 15.4. The van der Waals surface area contributed by atoms with Gasteiger partial charge in [0.15, 0.2) is 0 Å². The number of rotatable bonds is 5. The molecule has 0 saturated carbocycles. The third kappa shape index (κ3) is 6.43. The molecule has 170 valence electrons. The zero-order valence-corrected chi connectivity index (χ0v) is 18.9. The number of hydrogen-bond acceptors (Lipinski definition) is 6. The fourth-order valence-electron chi connectivity index (χ4n) is 2.99. The van der Waals surface area contributed by atoms with Gasteiger partial charge >= 0.3 is 11.9 Å². The zero-order chi connectivity index (χ0) is 24.9. The molecule has 0 aliphatic heterocycles. The first kappa shape index (κ1) is 25.1. The lowest BCUT2D eigenvalue weighted by molar-refractivity contribution is -0.385. The van der Waals surface area contributed by atoms with Crippen molar-refractivity contribution in [2.24, 2.45) is 0 Å². The van der Waals surface area contributed by atoms with Crippen molar-refractivity contribution in [1.82, 2.24) is 0 Å². The van der Waals surface area contributed by atoms with Crippen LogP contribution in [0.2, 0.25) is 0 Å².